The highest BCUT2D eigenvalue weighted by Gasteiger charge is 2.50. The first-order valence-corrected chi connectivity index (χ1v) is 5.27. The fourth-order valence-electron chi connectivity index (χ4n) is 3.09. The summed E-state index contributed by atoms with van der Waals surface area (Å²) < 4.78 is 0. The van der Waals surface area contributed by atoms with Crippen molar-refractivity contribution in [3.63, 3.8) is 0 Å². The highest BCUT2D eigenvalue weighted by molar-refractivity contribution is 5.09. The summed E-state index contributed by atoms with van der Waals surface area (Å²) in [5.41, 5.74) is -0.425. The molecule has 0 heterocycles. The fraction of sp³-hybridized carbons (Fsp3) is 0.818. The monoisotopic (exact) mass is 182 g/mol. The van der Waals surface area contributed by atoms with Crippen LogP contribution in [0.2, 0.25) is 0 Å². The van der Waals surface area contributed by atoms with Gasteiger partial charge in [-0.1, -0.05) is 18.6 Å². The third-order valence-corrected chi connectivity index (χ3v) is 3.78. The molecular formula is C11H18O2. The number of rotatable bonds is 2. The first kappa shape index (κ1) is 9.22. The van der Waals surface area contributed by atoms with Crippen LogP contribution in [0.3, 0.4) is 0 Å². The average Bonchev–Trinajstić information content (AvgIpc) is 2.59. The number of fused-ring (bicyclic) bond motifs is 1. The van der Waals surface area contributed by atoms with Crippen molar-refractivity contribution in [2.75, 3.05) is 6.61 Å². The Morgan fingerprint density at radius 1 is 1.31 bits per heavy atom. The average molecular weight is 182 g/mol. The van der Waals surface area contributed by atoms with Crippen LogP contribution in [0.1, 0.15) is 32.1 Å². The minimum absolute atomic E-state index is 0.0945. The van der Waals surface area contributed by atoms with Gasteiger partial charge in [0.25, 0.3) is 0 Å². The molecule has 2 fully saturated rings. The van der Waals surface area contributed by atoms with Crippen molar-refractivity contribution in [1.82, 2.24) is 0 Å². The third-order valence-electron chi connectivity index (χ3n) is 3.78. The quantitative estimate of drug-likeness (QED) is 0.635. The third kappa shape index (κ3) is 1.42. The Kier molecular flexibility index (Phi) is 2.43. The van der Waals surface area contributed by atoms with Gasteiger partial charge >= 0.3 is 0 Å². The van der Waals surface area contributed by atoms with E-state index >= 15 is 0 Å². The highest BCUT2D eigenvalue weighted by atomic mass is 16.3. The molecular weight excluding hydrogens is 164 g/mol. The van der Waals surface area contributed by atoms with Crippen LogP contribution < -0.4 is 0 Å². The zero-order valence-corrected chi connectivity index (χ0v) is 7.95. The molecule has 3 atom stereocenters. The molecule has 2 N–H and O–H groups in total. The summed E-state index contributed by atoms with van der Waals surface area (Å²) in [5.74, 6) is 0.827. The molecule has 13 heavy (non-hydrogen) atoms. The van der Waals surface area contributed by atoms with E-state index in [0.29, 0.717) is 11.8 Å². The summed E-state index contributed by atoms with van der Waals surface area (Å²) in [4.78, 5) is 0. The van der Waals surface area contributed by atoms with Crippen LogP contribution in [0, 0.1) is 11.8 Å². The van der Waals surface area contributed by atoms with Crippen molar-refractivity contribution in [1.29, 1.82) is 0 Å². The number of aliphatic hydroxyl groups excluding tert-OH is 1. The maximum atomic E-state index is 10.4. The lowest BCUT2D eigenvalue weighted by molar-refractivity contribution is -0.00292. The van der Waals surface area contributed by atoms with Gasteiger partial charge in [-0.2, -0.15) is 0 Å². The van der Waals surface area contributed by atoms with Crippen LogP contribution in [0.4, 0.5) is 0 Å². The van der Waals surface area contributed by atoms with E-state index in [1.807, 2.05) is 6.08 Å². The molecule has 2 aliphatic carbocycles. The van der Waals surface area contributed by atoms with E-state index < -0.39 is 5.60 Å². The molecule has 74 valence electrons. The summed E-state index contributed by atoms with van der Waals surface area (Å²) in [6, 6.07) is 0. The number of hydrogen-bond acceptors (Lipinski definition) is 2. The Balaban J connectivity index is 2.09. The second kappa shape index (κ2) is 3.43. The van der Waals surface area contributed by atoms with Crippen molar-refractivity contribution in [3.8, 4) is 0 Å². The summed E-state index contributed by atoms with van der Waals surface area (Å²) >= 11 is 0. The molecule has 0 aromatic heterocycles. The summed E-state index contributed by atoms with van der Waals surface area (Å²) in [6.07, 6.45) is 9.35. The summed E-state index contributed by atoms with van der Waals surface area (Å²) in [5, 5.41) is 19.1. The van der Waals surface area contributed by atoms with Gasteiger partial charge in [-0.15, -0.1) is 0 Å². The molecule has 2 heteroatoms. The van der Waals surface area contributed by atoms with E-state index in [-0.39, 0.29) is 6.61 Å². The smallest absolute Gasteiger partial charge is 0.0738 e. The zero-order valence-electron chi connectivity index (χ0n) is 7.95. The predicted molar refractivity (Wildman–Crippen MR) is 51.2 cm³/mol. The summed E-state index contributed by atoms with van der Waals surface area (Å²) in [6.45, 7) is 0.0945. The predicted octanol–water partition coefficient (Wildman–Crippen LogP) is 1.48. The van der Waals surface area contributed by atoms with Crippen LogP contribution in [-0.2, 0) is 0 Å². The maximum absolute atomic E-state index is 10.4. The molecule has 2 nitrogen and oxygen atoms in total. The largest absolute Gasteiger partial charge is 0.392 e. The molecule has 0 spiro atoms. The van der Waals surface area contributed by atoms with Crippen molar-refractivity contribution in [2.24, 2.45) is 11.8 Å². The van der Waals surface area contributed by atoms with Gasteiger partial charge in [0.1, 0.15) is 0 Å². The van der Waals surface area contributed by atoms with Crippen LogP contribution in [0.25, 0.3) is 0 Å². The van der Waals surface area contributed by atoms with E-state index in [1.165, 1.54) is 12.8 Å². The van der Waals surface area contributed by atoms with Gasteiger partial charge < -0.3 is 10.2 Å². The van der Waals surface area contributed by atoms with Gasteiger partial charge in [-0.05, 0) is 31.6 Å². The molecule has 0 unspecified atom stereocenters. The van der Waals surface area contributed by atoms with E-state index in [9.17, 15) is 5.11 Å². The Bertz CT molecular complexity index is 212. The Morgan fingerprint density at radius 2 is 2.15 bits per heavy atom. The van der Waals surface area contributed by atoms with E-state index in [1.54, 1.807) is 6.08 Å². The molecule has 2 aliphatic rings. The van der Waals surface area contributed by atoms with Gasteiger partial charge in [0.05, 0.1) is 12.2 Å². The lowest BCUT2D eigenvalue weighted by Gasteiger charge is -2.27. The lowest BCUT2D eigenvalue weighted by atomic mass is 9.86. The van der Waals surface area contributed by atoms with Crippen molar-refractivity contribution in [2.45, 2.75) is 37.7 Å². The lowest BCUT2D eigenvalue weighted by Crippen LogP contribution is -2.34. The first-order chi connectivity index (χ1) is 6.27. The normalized spacial score (nSPS) is 44.5. The van der Waals surface area contributed by atoms with Gasteiger partial charge in [-0.25, -0.2) is 0 Å². The van der Waals surface area contributed by atoms with E-state index in [4.69, 9.17) is 5.11 Å². The minimum atomic E-state index is -0.425. The highest BCUT2D eigenvalue weighted by Crippen LogP contribution is 2.51. The van der Waals surface area contributed by atoms with Crippen LogP contribution in [-0.4, -0.2) is 22.4 Å². The van der Waals surface area contributed by atoms with Gasteiger partial charge in [0.2, 0.25) is 0 Å². The Morgan fingerprint density at radius 3 is 2.92 bits per heavy atom. The molecule has 0 aliphatic heterocycles. The zero-order chi connectivity index (χ0) is 9.31. The fourth-order valence-corrected chi connectivity index (χ4v) is 3.09. The second-order valence-corrected chi connectivity index (χ2v) is 4.37. The first-order valence-electron chi connectivity index (χ1n) is 5.27. The molecule has 0 bridgehead atoms. The Labute approximate surface area is 79.3 Å². The number of aliphatic hydroxyl groups is 2. The SMILES string of the molecule is OC/C=C/[C@@H]1CC[C@@H]2CCC[C@@]21O. The van der Waals surface area contributed by atoms with Crippen molar-refractivity contribution < 1.29 is 10.2 Å². The molecule has 0 radical (unpaired) electrons. The van der Waals surface area contributed by atoms with Gasteiger partial charge in [0, 0.05) is 5.92 Å². The Hall–Kier alpha value is -0.340. The van der Waals surface area contributed by atoms with Crippen LogP contribution in [0.15, 0.2) is 12.2 Å². The standard InChI is InChI=1S/C11H18O2/c12-8-2-4-10-6-5-9-3-1-7-11(9,10)13/h2,4,9-10,12-13H,1,3,5-8H2/b4-2+/t9-,10+,11+/m0/s1. The van der Waals surface area contributed by atoms with Gasteiger partial charge in [-0.3, -0.25) is 0 Å². The number of hydrogen-bond donors (Lipinski definition) is 2. The van der Waals surface area contributed by atoms with Crippen LogP contribution >= 0.6 is 0 Å². The molecule has 2 rings (SSSR count). The summed E-state index contributed by atoms with van der Waals surface area (Å²) in [7, 11) is 0. The van der Waals surface area contributed by atoms with E-state index in [2.05, 4.69) is 0 Å². The minimum Gasteiger partial charge on any atom is -0.392 e. The van der Waals surface area contributed by atoms with Crippen molar-refractivity contribution in [3.05, 3.63) is 12.2 Å². The maximum Gasteiger partial charge on any atom is 0.0738 e. The molecule has 0 aromatic carbocycles. The van der Waals surface area contributed by atoms with E-state index in [0.717, 1.165) is 19.3 Å². The van der Waals surface area contributed by atoms with Crippen molar-refractivity contribution >= 4 is 0 Å². The molecule has 0 aromatic rings. The molecule has 0 amide bonds. The van der Waals surface area contributed by atoms with Gasteiger partial charge in [0.15, 0.2) is 0 Å². The molecule has 0 saturated heterocycles. The topological polar surface area (TPSA) is 40.5 Å². The van der Waals surface area contributed by atoms with Crippen LogP contribution in [0.5, 0.6) is 0 Å². The molecule has 2 saturated carbocycles. The second-order valence-electron chi connectivity index (χ2n) is 4.37.